The maximum absolute atomic E-state index is 11.5. The molecular weight excluding hydrogens is 274 g/mol. The molecular formula is C15H24ClN3O. The van der Waals surface area contributed by atoms with Crippen molar-refractivity contribution in [2.75, 3.05) is 40.3 Å². The number of likely N-dealkylation sites (N-methyl/N-ethyl adjacent to an activating group) is 1. The molecule has 1 rings (SSSR count). The van der Waals surface area contributed by atoms with Crippen LogP contribution in [0.5, 0.6) is 0 Å². The number of carbonyl (C=O) groups is 1. The second-order valence-corrected chi connectivity index (χ2v) is 5.47. The first-order valence-corrected chi connectivity index (χ1v) is 7.32. The number of nitrogens with one attached hydrogen (secondary N) is 2. The van der Waals surface area contributed by atoms with E-state index in [1.54, 1.807) is 0 Å². The van der Waals surface area contributed by atoms with E-state index >= 15 is 0 Å². The number of hydrogen-bond acceptors (Lipinski definition) is 3. The summed E-state index contributed by atoms with van der Waals surface area (Å²) in [6.45, 7) is 3.13. The fraction of sp³-hybridized carbons (Fsp3) is 0.533. The monoisotopic (exact) mass is 297 g/mol. The van der Waals surface area contributed by atoms with Gasteiger partial charge in [-0.1, -0.05) is 23.7 Å². The van der Waals surface area contributed by atoms with Crippen LogP contribution in [-0.2, 0) is 11.2 Å². The minimum absolute atomic E-state index is 0.0992. The molecule has 20 heavy (non-hydrogen) atoms. The van der Waals surface area contributed by atoms with Gasteiger partial charge in [0.2, 0.25) is 5.91 Å². The van der Waals surface area contributed by atoms with Gasteiger partial charge in [-0.2, -0.15) is 0 Å². The molecule has 0 bridgehead atoms. The maximum atomic E-state index is 11.5. The first kappa shape index (κ1) is 17.0. The molecule has 1 aromatic carbocycles. The van der Waals surface area contributed by atoms with Crippen LogP contribution >= 0.6 is 11.6 Å². The zero-order valence-corrected chi connectivity index (χ0v) is 13.0. The molecule has 0 saturated carbocycles. The van der Waals surface area contributed by atoms with E-state index < -0.39 is 0 Å². The van der Waals surface area contributed by atoms with E-state index in [0.717, 1.165) is 24.5 Å². The Morgan fingerprint density at radius 3 is 2.75 bits per heavy atom. The van der Waals surface area contributed by atoms with Crippen molar-refractivity contribution in [3.63, 3.8) is 0 Å². The van der Waals surface area contributed by atoms with E-state index in [-0.39, 0.29) is 5.91 Å². The largest absolute Gasteiger partial charge is 0.355 e. The van der Waals surface area contributed by atoms with Crippen molar-refractivity contribution in [2.45, 2.75) is 12.8 Å². The lowest BCUT2D eigenvalue weighted by atomic mass is 10.1. The van der Waals surface area contributed by atoms with E-state index in [1.165, 1.54) is 5.56 Å². The zero-order chi connectivity index (χ0) is 14.8. The number of carbonyl (C=O) groups excluding carboxylic acids is 1. The van der Waals surface area contributed by atoms with Crippen molar-refractivity contribution in [1.82, 2.24) is 15.5 Å². The Morgan fingerprint density at radius 1 is 1.25 bits per heavy atom. The van der Waals surface area contributed by atoms with E-state index in [9.17, 15) is 4.79 Å². The van der Waals surface area contributed by atoms with E-state index in [0.29, 0.717) is 19.5 Å². The Hall–Kier alpha value is -1.10. The number of rotatable bonds is 9. The third-order valence-corrected chi connectivity index (χ3v) is 3.12. The Labute approximate surface area is 126 Å². The summed E-state index contributed by atoms with van der Waals surface area (Å²) in [5.74, 6) is 0.0992. The van der Waals surface area contributed by atoms with Crippen LogP contribution in [0.25, 0.3) is 0 Å². The molecule has 0 aliphatic rings. The Bertz CT molecular complexity index is 410. The van der Waals surface area contributed by atoms with Gasteiger partial charge in [0.05, 0.1) is 0 Å². The van der Waals surface area contributed by atoms with Crippen molar-refractivity contribution in [3.05, 3.63) is 34.9 Å². The Morgan fingerprint density at radius 2 is 2.05 bits per heavy atom. The quantitative estimate of drug-likeness (QED) is 0.680. The van der Waals surface area contributed by atoms with Crippen molar-refractivity contribution in [1.29, 1.82) is 0 Å². The van der Waals surface area contributed by atoms with Crippen LogP contribution in [0.4, 0.5) is 0 Å². The molecule has 112 valence electrons. The number of benzene rings is 1. The molecule has 5 heteroatoms. The first-order chi connectivity index (χ1) is 9.58. The SMILES string of the molecule is CN(C)CCNC(=O)CCNCCc1cccc(Cl)c1. The van der Waals surface area contributed by atoms with Gasteiger partial charge < -0.3 is 15.5 Å². The number of hydrogen-bond donors (Lipinski definition) is 2. The number of amides is 1. The van der Waals surface area contributed by atoms with Crippen LogP contribution in [0, 0.1) is 0 Å². The van der Waals surface area contributed by atoms with Crippen LogP contribution in [0.2, 0.25) is 5.02 Å². The molecule has 0 saturated heterocycles. The Balaban J connectivity index is 2.03. The van der Waals surface area contributed by atoms with Crippen LogP contribution in [0.1, 0.15) is 12.0 Å². The molecule has 1 aromatic rings. The molecule has 2 N–H and O–H groups in total. The fourth-order valence-corrected chi connectivity index (χ4v) is 1.97. The van der Waals surface area contributed by atoms with Crippen molar-refractivity contribution in [3.8, 4) is 0 Å². The molecule has 0 aliphatic heterocycles. The van der Waals surface area contributed by atoms with Gasteiger partial charge in [0.15, 0.2) is 0 Å². The highest BCUT2D eigenvalue weighted by molar-refractivity contribution is 6.30. The number of nitrogens with zero attached hydrogens (tertiary/aromatic N) is 1. The van der Waals surface area contributed by atoms with E-state index in [1.807, 2.05) is 37.2 Å². The van der Waals surface area contributed by atoms with Gasteiger partial charge in [-0.15, -0.1) is 0 Å². The van der Waals surface area contributed by atoms with Gasteiger partial charge in [0.25, 0.3) is 0 Å². The summed E-state index contributed by atoms with van der Waals surface area (Å²) in [6.07, 6.45) is 1.44. The summed E-state index contributed by atoms with van der Waals surface area (Å²) < 4.78 is 0. The molecule has 0 unspecified atom stereocenters. The first-order valence-electron chi connectivity index (χ1n) is 6.94. The maximum Gasteiger partial charge on any atom is 0.221 e. The topological polar surface area (TPSA) is 44.4 Å². The summed E-state index contributed by atoms with van der Waals surface area (Å²) in [4.78, 5) is 13.6. The summed E-state index contributed by atoms with van der Waals surface area (Å²) in [6, 6.07) is 7.85. The summed E-state index contributed by atoms with van der Waals surface area (Å²) in [5, 5.41) is 6.93. The van der Waals surface area contributed by atoms with Crippen LogP contribution < -0.4 is 10.6 Å². The van der Waals surface area contributed by atoms with Gasteiger partial charge in [0, 0.05) is 31.1 Å². The van der Waals surface area contributed by atoms with Crippen molar-refractivity contribution >= 4 is 17.5 Å². The predicted octanol–water partition coefficient (Wildman–Crippen LogP) is 1.54. The van der Waals surface area contributed by atoms with Gasteiger partial charge in [-0.25, -0.2) is 0 Å². The summed E-state index contributed by atoms with van der Waals surface area (Å²) >= 11 is 5.92. The lowest BCUT2D eigenvalue weighted by molar-refractivity contribution is -0.121. The normalized spacial score (nSPS) is 10.8. The van der Waals surface area contributed by atoms with Gasteiger partial charge in [-0.05, 0) is 44.8 Å². The molecule has 0 heterocycles. The van der Waals surface area contributed by atoms with Gasteiger partial charge in [0.1, 0.15) is 0 Å². The molecule has 0 aliphatic carbocycles. The molecule has 0 atom stereocenters. The smallest absolute Gasteiger partial charge is 0.221 e. The van der Waals surface area contributed by atoms with Crippen LogP contribution in [0.15, 0.2) is 24.3 Å². The average molecular weight is 298 g/mol. The van der Waals surface area contributed by atoms with E-state index in [4.69, 9.17) is 11.6 Å². The second-order valence-electron chi connectivity index (χ2n) is 5.03. The molecule has 0 radical (unpaired) electrons. The molecule has 0 fully saturated rings. The predicted molar refractivity (Wildman–Crippen MR) is 84.2 cm³/mol. The molecule has 4 nitrogen and oxygen atoms in total. The highest BCUT2D eigenvalue weighted by Gasteiger charge is 2.00. The minimum Gasteiger partial charge on any atom is -0.355 e. The molecule has 0 spiro atoms. The fourth-order valence-electron chi connectivity index (χ4n) is 1.76. The third kappa shape index (κ3) is 8.15. The standard InChI is InChI=1S/C15H24ClN3O/c1-19(2)11-10-18-15(20)7-9-17-8-6-13-4-3-5-14(16)12-13/h3-5,12,17H,6-11H2,1-2H3,(H,18,20). The lowest BCUT2D eigenvalue weighted by Crippen LogP contribution is -2.33. The minimum atomic E-state index is 0.0992. The third-order valence-electron chi connectivity index (χ3n) is 2.89. The van der Waals surface area contributed by atoms with Crippen LogP contribution in [0.3, 0.4) is 0 Å². The van der Waals surface area contributed by atoms with Gasteiger partial charge in [-0.3, -0.25) is 4.79 Å². The highest BCUT2D eigenvalue weighted by Crippen LogP contribution is 2.10. The van der Waals surface area contributed by atoms with E-state index in [2.05, 4.69) is 16.7 Å². The lowest BCUT2D eigenvalue weighted by Gasteiger charge is -2.10. The Kier molecular flexibility index (Phi) is 8.26. The average Bonchev–Trinajstić information content (AvgIpc) is 2.38. The number of halogens is 1. The van der Waals surface area contributed by atoms with Crippen LogP contribution in [-0.4, -0.2) is 51.1 Å². The highest BCUT2D eigenvalue weighted by atomic mass is 35.5. The summed E-state index contributed by atoms with van der Waals surface area (Å²) in [5.41, 5.74) is 1.21. The van der Waals surface area contributed by atoms with Crippen molar-refractivity contribution < 1.29 is 4.79 Å². The second kappa shape index (κ2) is 9.75. The van der Waals surface area contributed by atoms with Gasteiger partial charge >= 0.3 is 0 Å². The van der Waals surface area contributed by atoms with Crippen molar-refractivity contribution in [2.24, 2.45) is 0 Å². The molecule has 1 amide bonds. The zero-order valence-electron chi connectivity index (χ0n) is 12.3. The molecule has 0 aromatic heterocycles. The summed E-state index contributed by atoms with van der Waals surface area (Å²) in [7, 11) is 3.98.